The number of carbonyl (C=O) groups excluding carboxylic acids is 5. The smallest absolute Gasteiger partial charge is 0.328 e. The summed E-state index contributed by atoms with van der Waals surface area (Å²) < 4.78 is 11.6. The quantitative estimate of drug-likeness (QED) is 0.316. The van der Waals surface area contributed by atoms with Gasteiger partial charge in [0.1, 0.15) is 17.7 Å². The molecule has 0 aromatic heterocycles. The summed E-state index contributed by atoms with van der Waals surface area (Å²) in [5.74, 6) is -3.98. The molecule has 10 heteroatoms. The highest BCUT2D eigenvalue weighted by Crippen LogP contribution is 2.44. The molecule has 2 aliphatic heterocycles. The van der Waals surface area contributed by atoms with Crippen molar-refractivity contribution in [2.24, 2.45) is 11.8 Å². The molecule has 1 saturated heterocycles. The van der Waals surface area contributed by atoms with Gasteiger partial charge in [-0.15, -0.1) is 0 Å². The fraction of sp³-hybridized carbons (Fsp3) is 0.452. The van der Waals surface area contributed by atoms with Crippen molar-refractivity contribution in [3.8, 4) is 0 Å². The third-order valence-corrected chi connectivity index (χ3v) is 7.79. The number of imide groups is 1. The predicted octanol–water partition coefficient (Wildman–Crippen LogP) is 4.93. The Hall–Kier alpha value is -3.53. The summed E-state index contributed by atoms with van der Waals surface area (Å²) in [6.45, 7) is 9.01. The van der Waals surface area contributed by atoms with Crippen molar-refractivity contribution in [2.75, 3.05) is 7.11 Å². The molecule has 2 aliphatic rings. The topological polar surface area (TPSA) is 110 Å². The van der Waals surface area contributed by atoms with E-state index in [1.165, 1.54) is 12.0 Å². The van der Waals surface area contributed by atoms with Crippen LogP contribution in [0.25, 0.3) is 0 Å². The molecule has 0 saturated carbocycles. The molecule has 3 amide bonds. The van der Waals surface area contributed by atoms with Gasteiger partial charge in [0.05, 0.1) is 30.2 Å². The first kappa shape index (κ1) is 30.4. The fourth-order valence-corrected chi connectivity index (χ4v) is 5.85. The zero-order valence-electron chi connectivity index (χ0n) is 24.0. The van der Waals surface area contributed by atoms with Gasteiger partial charge in [0.25, 0.3) is 11.8 Å². The third-order valence-electron chi connectivity index (χ3n) is 7.26. The highest BCUT2D eigenvalue weighted by Gasteiger charge is 2.55. The lowest BCUT2D eigenvalue weighted by Gasteiger charge is -2.36. The van der Waals surface area contributed by atoms with Crippen molar-refractivity contribution >= 4 is 45.6 Å². The number of fused-ring (bicyclic) bond motifs is 1. The second-order valence-electron chi connectivity index (χ2n) is 11.8. The summed E-state index contributed by atoms with van der Waals surface area (Å²) in [7, 11) is 1.22. The van der Waals surface area contributed by atoms with Crippen LogP contribution in [0, 0.1) is 11.8 Å². The van der Waals surface area contributed by atoms with E-state index in [0.717, 1.165) is 9.37 Å². The molecule has 2 aromatic rings. The Labute approximate surface area is 248 Å². The van der Waals surface area contributed by atoms with Gasteiger partial charge >= 0.3 is 11.9 Å². The number of amides is 3. The SMILES string of the molecule is COC(=O)[C@@H]1C[C@H](C(=O)OC(C)(C)C)[C@H](c2ccc(Br)cc2)N1C(=O)[C@H](CC(C)C)N1C(=O)c2ccccc2C1=O. The third kappa shape index (κ3) is 6.07. The first-order chi connectivity index (χ1) is 19.2. The second kappa shape index (κ2) is 11.8. The maximum Gasteiger partial charge on any atom is 0.328 e. The minimum absolute atomic E-state index is 0.0371. The van der Waals surface area contributed by atoms with Gasteiger partial charge in [-0.05, 0) is 69.4 Å². The maximum absolute atomic E-state index is 14.7. The summed E-state index contributed by atoms with van der Waals surface area (Å²) in [5, 5.41) is 0. The van der Waals surface area contributed by atoms with Crippen LogP contribution in [0.3, 0.4) is 0 Å². The van der Waals surface area contributed by atoms with Crippen molar-refractivity contribution in [3.05, 3.63) is 69.7 Å². The number of likely N-dealkylation sites (tertiary alicyclic amines) is 1. The molecule has 4 atom stereocenters. The van der Waals surface area contributed by atoms with E-state index < -0.39 is 59.3 Å². The molecule has 2 aromatic carbocycles. The van der Waals surface area contributed by atoms with Crippen LogP contribution in [0.1, 0.15) is 79.8 Å². The maximum atomic E-state index is 14.7. The van der Waals surface area contributed by atoms with Gasteiger partial charge in [0, 0.05) is 4.47 Å². The van der Waals surface area contributed by atoms with Crippen molar-refractivity contribution in [1.29, 1.82) is 0 Å². The minimum Gasteiger partial charge on any atom is -0.467 e. The lowest BCUT2D eigenvalue weighted by molar-refractivity contribution is -0.161. The normalized spacial score (nSPS) is 21.2. The number of hydrogen-bond donors (Lipinski definition) is 0. The van der Waals surface area contributed by atoms with E-state index in [1.807, 2.05) is 13.8 Å². The molecule has 218 valence electrons. The molecule has 0 aliphatic carbocycles. The summed E-state index contributed by atoms with van der Waals surface area (Å²) in [5.41, 5.74) is 0.247. The predicted molar refractivity (Wildman–Crippen MR) is 154 cm³/mol. The number of benzene rings is 2. The number of methoxy groups -OCH3 is 1. The molecule has 0 radical (unpaired) electrons. The fourth-order valence-electron chi connectivity index (χ4n) is 5.59. The summed E-state index contributed by atoms with van der Waals surface area (Å²) in [6.07, 6.45) is 0.128. The molecule has 0 N–H and O–H groups in total. The van der Waals surface area contributed by atoms with Crippen LogP contribution in [0.5, 0.6) is 0 Å². The Morgan fingerprint density at radius 1 is 0.951 bits per heavy atom. The van der Waals surface area contributed by atoms with Crippen molar-refractivity contribution < 1.29 is 33.4 Å². The number of rotatable bonds is 7. The molecule has 2 heterocycles. The Kier molecular flexibility index (Phi) is 8.73. The van der Waals surface area contributed by atoms with Crippen LogP contribution in [0.2, 0.25) is 0 Å². The van der Waals surface area contributed by atoms with Gasteiger partial charge in [-0.1, -0.05) is 54.0 Å². The first-order valence-corrected chi connectivity index (χ1v) is 14.4. The zero-order valence-corrected chi connectivity index (χ0v) is 25.6. The van der Waals surface area contributed by atoms with Crippen LogP contribution in [0.4, 0.5) is 0 Å². The number of carbonyl (C=O) groups is 5. The molecule has 0 bridgehead atoms. The van der Waals surface area contributed by atoms with Crippen molar-refractivity contribution in [2.45, 2.75) is 71.2 Å². The Bertz CT molecular complexity index is 1330. The first-order valence-electron chi connectivity index (χ1n) is 13.6. The van der Waals surface area contributed by atoms with E-state index in [9.17, 15) is 24.0 Å². The Balaban J connectivity index is 1.84. The van der Waals surface area contributed by atoms with E-state index in [1.54, 1.807) is 69.3 Å². The summed E-state index contributed by atoms with van der Waals surface area (Å²) >= 11 is 3.42. The molecule has 4 rings (SSSR count). The van der Waals surface area contributed by atoms with Gasteiger partial charge in [-0.2, -0.15) is 0 Å². The van der Waals surface area contributed by atoms with Gasteiger partial charge in [0.2, 0.25) is 5.91 Å². The van der Waals surface area contributed by atoms with Crippen LogP contribution >= 0.6 is 15.9 Å². The standard InChI is InChI=1S/C31H35BrN2O7/c1-17(2)15-23(34-26(35)20-9-7-8-10-21(20)27(34)36)28(37)33-24(30(39)40-6)16-22(29(38)41-31(3,4)5)25(33)18-11-13-19(32)14-12-18/h7-14,17,22-25H,15-16H2,1-6H3/t22-,23-,24-,25-/m0/s1. The average Bonchev–Trinajstić information content (AvgIpc) is 3.42. The summed E-state index contributed by atoms with van der Waals surface area (Å²) in [6, 6.07) is 10.3. The second-order valence-corrected chi connectivity index (χ2v) is 12.7. The highest BCUT2D eigenvalue weighted by atomic mass is 79.9. The van der Waals surface area contributed by atoms with Crippen molar-refractivity contribution in [3.63, 3.8) is 0 Å². The number of ether oxygens (including phenoxy) is 2. The molecule has 9 nitrogen and oxygen atoms in total. The number of halogens is 1. The molecule has 0 unspecified atom stereocenters. The zero-order chi connectivity index (χ0) is 30.2. The van der Waals surface area contributed by atoms with E-state index in [4.69, 9.17) is 9.47 Å². The van der Waals surface area contributed by atoms with Crippen LogP contribution < -0.4 is 0 Å². The van der Waals surface area contributed by atoms with E-state index in [0.29, 0.717) is 5.56 Å². The molecule has 0 spiro atoms. The van der Waals surface area contributed by atoms with Gasteiger partial charge < -0.3 is 14.4 Å². The van der Waals surface area contributed by atoms with Crippen molar-refractivity contribution in [1.82, 2.24) is 9.80 Å². The largest absolute Gasteiger partial charge is 0.467 e. The van der Waals surface area contributed by atoms with Gasteiger partial charge in [-0.3, -0.25) is 24.1 Å². The lowest BCUT2D eigenvalue weighted by atomic mass is 9.92. The molecular formula is C31H35BrN2O7. The molecule has 1 fully saturated rings. The number of esters is 2. The van der Waals surface area contributed by atoms with Crippen LogP contribution in [-0.4, -0.2) is 64.3 Å². The minimum atomic E-state index is -1.20. The monoisotopic (exact) mass is 626 g/mol. The van der Waals surface area contributed by atoms with E-state index in [-0.39, 0.29) is 29.9 Å². The average molecular weight is 628 g/mol. The van der Waals surface area contributed by atoms with E-state index in [2.05, 4.69) is 15.9 Å². The van der Waals surface area contributed by atoms with E-state index >= 15 is 0 Å². The Morgan fingerprint density at radius 3 is 2.00 bits per heavy atom. The van der Waals surface area contributed by atoms with Crippen LogP contribution in [-0.2, 0) is 23.9 Å². The van der Waals surface area contributed by atoms with Gasteiger partial charge in [0.15, 0.2) is 0 Å². The Morgan fingerprint density at radius 2 is 1.51 bits per heavy atom. The summed E-state index contributed by atoms with van der Waals surface area (Å²) in [4.78, 5) is 70.7. The van der Waals surface area contributed by atoms with Crippen LogP contribution in [0.15, 0.2) is 53.0 Å². The number of hydrogen-bond acceptors (Lipinski definition) is 7. The molecule has 41 heavy (non-hydrogen) atoms. The van der Waals surface area contributed by atoms with Gasteiger partial charge in [-0.25, -0.2) is 4.79 Å². The molecular weight excluding hydrogens is 592 g/mol. The number of nitrogens with zero attached hydrogens (tertiary/aromatic N) is 2. The lowest BCUT2D eigenvalue weighted by Crippen LogP contribution is -2.54. The highest BCUT2D eigenvalue weighted by molar-refractivity contribution is 9.10.